The molecule has 1 heterocycles. The van der Waals surface area contributed by atoms with E-state index in [2.05, 4.69) is 4.98 Å². The number of halogens is 1. The number of aromatic nitrogens is 1. The fourth-order valence-corrected chi connectivity index (χ4v) is 1.65. The number of ether oxygens (including phenoxy) is 1. The minimum absolute atomic E-state index is 0.0730. The fraction of sp³-hybridized carbons (Fsp3) is 0.0769. The Labute approximate surface area is 110 Å². The largest absolute Gasteiger partial charge is 0.453 e. The van der Waals surface area contributed by atoms with Crippen LogP contribution in [0.25, 0.3) is 0 Å². The van der Waals surface area contributed by atoms with Gasteiger partial charge in [-0.1, -0.05) is 17.7 Å². The number of nitrogens with two attached hydrogens (primary N) is 1. The molecule has 0 fully saturated rings. The predicted octanol–water partition coefficient (Wildman–Crippen LogP) is 3.12. The molecule has 0 radical (unpaired) electrons. The highest BCUT2D eigenvalue weighted by Gasteiger charge is 2.09. The number of nitrogens with zero attached hydrogens (tertiary/aromatic N) is 1. The molecule has 0 atom stereocenters. The Morgan fingerprint density at radius 3 is 2.83 bits per heavy atom. The van der Waals surface area contributed by atoms with Gasteiger partial charge in [0.1, 0.15) is 11.6 Å². The summed E-state index contributed by atoms with van der Waals surface area (Å²) in [5.74, 6) is 0.862. The lowest BCUT2D eigenvalue weighted by Gasteiger charge is -2.11. The van der Waals surface area contributed by atoms with E-state index in [1.165, 1.54) is 6.20 Å². The minimum atomic E-state index is -0.0730. The van der Waals surface area contributed by atoms with E-state index in [1.54, 1.807) is 18.3 Å². The van der Waals surface area contributed by atoms with Crippen molar-refractivity contribution >= 4 is 17.4 Å². The summed E-state index contributed by atoms with van der Waals surface area (Å²) < 4.78 is 5.67. The monoisotopic (exact) mass is 261 g/mol. The van der Waals surface area contributed by atoms with Crippen LogP contribution in [-0.2, 0) is 0 Å². The molecule has 0 saturated carbocycles. The highest BCUT2D eigenvalue weighted by molar-refractivity contribution is 6.32. The van der Waals surface area contributed by atoms with E-state index in [0.717, 1.165) is 5.56 Å². The van der Waals surface area contributed by atoms with Crippen LogP contribution in [0.15, 0.2) is 36.7 Å². The van der Waals surface area contributed by atoms with Gasteiger partial charge < -0.3 is 10.5 Å². The fourth-order valence-electron chi connectivity index (χ4n) is 1.49. The maximum Gasteiger partial charge on any atom is 0.156 e. The zero-order valence-corrected chi connectivity index (χ0v) is 10.5. The van der Waals surface area contributed by atoms with E-state index in [4.69, 9.17) is 27.5 Å². The van der Waals surface area contributed by atoms with Gasteiger partial charge in [-0.2, -0.15) is 0 Å². The van der Waals surface area contributed by atoms with Crippen molar-refractivity contribution in [3.8, 4) is 11.5 Å². The number of pyridine rings is 1. The molecule has 0 bridgehead atoms. The minimum Gasteiger partial charge on any atom is -0.453 e. The molecular formula is C13H12ClN3O. The number of nitrogens with one attached hydrogen (secondary N) is 1. The molecule has 1 aromatic carbocycles. The van der Waals surface area contributed by atoms with Gasteiger partial charge in [0.25, 0.3) is 0 Å². The first-order valence-corrected chi connectivity index (χ1v) is 5.68. The maximum absolute atomic E-state index is 7.47. The number of aryl methyl sites for hydroxylation is 1. The topological polar surface area (TPSA) is 72.0 Å². The van der Waals surface area contributed by atoms with Crippen molar-refractivity contribution in [2.75, 3.05) is 0 Å². The maximum atomic E-state index is 7.47. The lowest BCUT2D eigenvalue weighted by Crippen LogP contribution is -2.12. The third-order valence-electron chi connectivity index (χ3n) is 2.38. The van der Waals surface area contributed by atoms with E-state index < -0.39 is 0 Å². The molecule has 3 N–H and O–H groups in total. The Hall–Kier alpha value is -2.07. The second kappa shape index (κ2) is 5.06. The summed E-state index contributed by atoms with van der Waals surface area (Å²) in [6.07, 6.45) is 3.07. The Bertz CT molecular complexity index is 599. The molecule has 0 spiro atoms. The van der Waals surface area contributed by atoms with E-state index in [-0.39, 0.29) is 5.84 Å². The molecule has 0 saturated heterocycles. The zero-order chi connectivity index (χ0) is 13.1. The summed E-state index contributed by atoms with van der Waals surface area (Å²) >= 11 is 6.05. The van der Waals surface area contributed by atoms with E-state index in [0.29, 0.717) is 22.1 Å². The normalized spacial score (nSPS) is 10.1. The second-order valence-corrected chi connectivity index (χ2v) is 4.23. The standard InChI is InChI=1S/C13H12ClN3O/c1-8-2-3-10(14)11(6-8)18-12-7-17-5-4-9(12)13(15)16/h2-7H,1H3,(H3,15,16). The number of amidine groups is 1. The quantitative estimate of drug-likeness (QED) is 0.659. The Morgan fingerprint density at radius 1 is 1.33 bits per heavy atom. The molecule has 92 valence electrons. The van der Waals surface area contributed by atoms with Gasteiger partial charge in [0.15, 0.2) is 5.75 Å². The van der Waals surface area contributed by atoms with Gasteiger partial charge in [0.05, 0.1) is 16.8 Å². The number of hydrogen-bond donors (Lipinski definition) is 2. The van der Waals surface area contributed by atoms with Crippen LogP contribution in [0, 0.1) is 12.3 Å². The Morgan fingerprint density at radius 2 is 2.11 bits per heavy atom. The summed E-state index contributed by atoms with van der Waals surface area (Å²) in [6, 6.07) is 7.10. The number of nitrogen functional groups attached to an aromatic ring is 1. The molecule has 0 amide bonds. The average molecular weight is 262 g/mol. The third kappa shape index (κ3) is 2.60. The van der Waals surface area contributed by atoms with Gasteiger partial charge in [-0.05, 0) is 30.7 Å². The molecule has 5 heteroatoms. The summed E-state index contributed by atoms with van der Waals surface area (Å²) in [7, 11) is 0. The highest BCUT2D eigenvalue weighted by atomic mass is 35.5. The van der Waals surface area contributed by atoms with Crippen molar-refractivity contribution in [3.05, 3.63) is 52.8 Å². The Balaban J connectivity index is 2.40. The molecule has 4 nitrogen and oxygen atoms in total. The SMILES string of the molecule is Cc1ccc(Cl)c(Oc2cnccc2C(=N)N)c1. The van der Waals surface area contributed by atoms with Crippen molar-refractivity contribution < 1.29 is 4.74 Å². The van der Waals surface area contributed by atoms with E-state index in [9.17, 15) is 0 Å². The van der Waals surface area contributed by atoms with Gasteiger partial charge in [-0.3, -0.25) is 10.4 Å². The van der Waals surface area contributed by atoms with Crippen molar-refractivity contribution in [3.63, 3.8) is 0 Å². The molecule has 1 aromatic heterocycles. The van der Waals surface area contributed by atoms with Crippen LogP contribution in [0.3, 0.4) is 0 Å². The van der Waals surface area contributed by atoms with Crippen LogP contribution in [-0.4, -0.2) is 10.8 Å². The lowest BCUT2D eigenvalue weighted by atomic mass is 10.2. The Kier molecular flexibility index (Phi) is 3.48. The summed E-state index contributed by atoms with van der Waals surface area (Å²) in [4.78, 5) is 3.96. The van der Waals surface area contributed by atoms with Gasteiger partial charge in [0.2, 0.25) is 0 Å². The third-order valence-corrected chi connectivity index (χ3v) is 2.69. The van der Waals surface area contributed by atoms with Crippen LogP contribution in [0.4, 0.5) is 0 Å². The molecular weight excluding hydrogens is 250 g/mol. The van der Waals surface area contributed by atoms with Crippen LogP contribution >= 0.6 is 11.6 Å². The van der Waals surface area contributed by atoms with Crippen LogP contribution in [0.2, 0.25) is 5.02 Å². The second-order valence-electron chi connectivity index (χ2n) is 3.82. The zero-order valence-electron chi connectivity index (χ0n) is 9.77. The van der Waals surface area contributed by atoms with E-state index >= 15 is 0 Å². The van der Waals surface area contributed by atoms with Gasteiger partial charge in [-0.25, -0.2) is 0 Å². The first kappa shape index (κ1) is 12.4. The van der Waals surface area contributed by atoms with Gasteiger partial charge >= 0.3 is 0 Å². The van der Waals surface area contributed by atoms with Gasteiger partial charge in [-0.15, -0.1) is 0 Å². The molecule has 0 unspecified atom stereocenters. The van der Waals surface area contributed by atoms with Crippen molar-refractivity contribution in [2.24, 2.45) is 5.73 Å². The summed E-state index contributed by atoms with van der Waals surface area (Å²) in [5.41, 5.74) is 7.00. The van der Waals surface area contributed by atoms with Crippen molar-refractivity contribution in [2.45, 2.75) is 6.92 Å². The predicted molar refractivity (Wildman–Crippen MR) is 71.5 cm³/mol. The van der Waals surface area contributed by atoms with Crippen LogP contribution in [0.5, 0.6) is 11.5 Å². The first-order valence-electron chi connectivity index (χ1n) is 5.30. The number of benzene rings is 1. The van der Waals surface area contributed by atoms with E-state index in [1.807, 2.05) is 19.1 Å². The number of hydrogen-bond acceptors (Lipinski definition) is 3. The van der Waals surface area contributed by atoms with Gasteiger partial charge in [0, 0.05) is 6.20 Å². The summed E-state index contributed by atoms with van der Waals surface area (Å²) in [5, 5.41) is 7.97. The highest BCUT2D eigenvalue weighted by Crippen LogP contribution is 2.31. The molecule has 2 aromatic rings. The first-order chi connectivity index (χ1) is 8.58. The average Bonchev–Trinajstić information content (AvgIpc) is 2.34. The van der Waals surface area contributed by atoms with Crippen LogP contribution in [0.1, 0.15) is 11.1 Å². The number of rotatable bonds is 3. The molecule has 0 aliphatic rings. The molecule has 0 aliphatic heterocycles. The van der Waals surface area contributed by atoms with Crippen molar-refractivity contribution in [1.29, 1.82) is 5.41 Å². The lowest BCUT2D eigenvalue weighted by molar-refractivity contribution is 0.479. The van der Waals surface area contributed by atoms with Crippen LogP contribution < -0.4 is 10.5 Å². The summed E-state index contributed by atoms with van der Waals surface area (Å²) in [6.45, 7) is 1.94. The van der Waals surface area contributed by atoms with Crippen molar-refractivity contribution in [1.82, 2.24) is 4.98 Å². The molecule has 18 heavy (non-hydrogen) atoms. The molecule has 2 rings (SSSR count). The smallest absolute Gasteiger partial charge is 0.156 e. The molecule has 0 aliphatic carbocycles.